The second-order valence-electron chi connectivity index (χ2n) is 4.34. The van der Waals surface area contributed by atoms with Gasteiger partial charge < -0.3 is 5.32 Å². The van der Waals surface area contributed by atoms with E-state index in [-0.39, 0.29) is 34.5 Å². The maximum absolute atomic E-state index is 11.6. The first-order chi connectivity index (χ1) is 8.54. The number of amides is 1. The van der Waals surface area contributed by atoms with Gasteiger partial charge in [0.25, 0.3) is 0 Å². The Morgan fingerprint density at radius 1 is 1.50 bits per heavy atom. The molecule has 1 N–H and O–H groups in total. The van der Waals surface area contributed by atoms with Crippen LogP contribution in [0.1, 0.15) is 26.7 Å². The van der Waals surface area contributed by atoms with Crippen LogP contribution in [0.4, 0.5) is 0 Å². The van der Waals surface area contributed by atoms with E-state index in [9.17, 15) is 14.4 Å². The number of carbonyl (C=O) groups is 3. The Morgan fingerprint density at radius 3 is 2.78 bits per heavy atom. The smallest absolute Gasteiger partial charge is 0.230 e. The van der Waals surface area contributed by atoms with E-state index < -0.39 is 0 Å². The molecule has 102 valence electrons. The van der Waals surface area contributed by atoms with Crippen molar-refractivity contribution >= 4 is 40.3 Å². The van der Waals surface area contributed by atoms with Crippen molar-refractivity contribution in [2.45, 2.75) is 32.7 Å². The van der Waals surface area contributed by atoms with Crippen LogP contribution in [0.2, 0.25) is 0 Å². The molecule has 2 atom stereocenters. The minimum atomic E-state index is -0.326. The SMILES string of the molecule is CCC(C)C(=O)CSCC(=O)NC1CCSC1=O. The molecule has 0 bridgehead atoms. The number of thioether (sulfide) groups is 2. The first kappa shape index (κ1) is 15.6. The Bertz CT molecular complexity index is 333. The Morgan fingerprint density at radius 2 is 2.22 bits per heavy atom. The van der Waals surface area contributed by atoms with Gasteiger partial charge in [0.15, 0.2) is 0 Å². The lowest BCUT2D eigenvalue weighted by Gasteiger charge is -2.10. The van der Waals surface area contributed by atoms with Crippen LogP contribution in [0, 0.1) is 5.92 Å². The highest BCUT2D eigenvalue weighted by molar-refractivity contribution is 8.14. The summed E-state index contributed by atoms with van der Waals surface area (Å²) in [6.45, 7) is 3.88. The number of carbonyl (C=O) groups excluding carboxylic acids is 3. The first-order valence-corrected chi connectivity index (χ1v) is 8.25. The molecule has 0 aromatic rings. The lowest BCUT2D eigenvalue weighted by Crippen LogP contribution is -2.38. The third-order valence-electron chi connectivity index (χ3n) is 2.91. The predicted molar refractivity (Wildman–Crippen MR) is 75.8 cm³/mol. The minimum Gasteiger partial charge on any atom is -0.345 e. The molecule has 0 aliphatic carbocycles. The fraction of sp³-hybridized carbons (Fsp3) is 0.750. The molecule has 0 aromatic heterocycles. The van der Waals surface area contributed by atoms with Crippen molar-refractivity contribution in [2.24, 2.45) is 5.92 Å². The molecule has 0 aromatic carbocycles. The quantitative estimate of drug-likeness (QED) is 0.769. The summed E-state index contributed by atoms with van der Waals surface area (Å²) in [6.07, 6.45) is 1.55. The van der Waals surface area contributed by atoms with E-state index in [4.69, 9.17) is 0 Å². The molecule has 0 radical (unpaired) electrons. The molecule has 1 heterocycles. The normalized spacial score (nSPS) is 20.8. The van der Waals surface area contributed by atoms with Crippen LogP contribution in [0.3, 0.4) is 0 Å². The first-order valence-electron chi connectivity index (χ1n) is 6.11. The van der Waals surface area contributed by atoms with Gasteiger partial charge >= 0.3 is 0 Å². The Labute approximate surface area is 116 Å². The molecule has 6 heteroatoms. The van der Waals surface area contributed by atoms with Crippen LogP contribution < -0.4 is 5.32 Å². The lowest BCUT2D eigenvalue weighted by atomic mass is 10.1. The summed E-state index contributed by atoms with van der Waals surface area (Å²) in [5, 5.41) is 2.75. The van der Waals surface area contributed by atoms with Gasteiger partial charge in [-0.1, -0.05) is 25.6 Å². The highest BCUT2D eigenvalue weighted by Gasteiger charge is 2.26. The minimum absolute atomic E-state index is 0.0454. The third-order valence-corrected chi connectivity index (χ3v) is 4.87. The zero-order valence-electron chi connectivity index (χ0n) is 10.7. The molecule has 1 fully saturated rings. The van der Waals surface area contributed by atoms with Crippen LogP contribution in [0.5, 0.6) is 0 Å². The summed E-state index contributed by atoms with van der Waals surface area (Å²) in [5.41, 5.74) is 0. The maximum Gasteiger partial charge on any atom is 0.230 e. The lowest BCUT2D eigenvalue weighted by molar-refractivity contribution is -0.122. The Balaban J connectivity index is 2.17. The fourth-order valence-electron chi connectivity index (χ4n) is 1.48. The molecule has 1 saturated heterocycles. The largest absolute Gasteiger partial charge is 0.345 e. The van der Waals surface area contributed by atoms with Crippen molar-refractivity contribution in [3.63, 3.8) is 0 Å². The van der Waals surface area contributed by atoms with Crippen LogP contribution >= 0.6 is 23.5 Å². The van der Waals surface area contributed by atoms with Crippen LogP contribution in [0.25, 0.3) is 0 Å². The molecule has 1 amide bonds. The van der Waals surface area contributed by atoms with E-state index in [0.29, 0.717) is 12.2 Å². The molecule has 4 nitrogen and oxygen atoms in total. The molecule has 0 saturated carbocycles. The number of hydrogen-bond donors (Lipinski definition) is 1. The summed E-state index contributed by atoms with van der Waals surface area (Å²) < 4.78 is 0. The van der Waals surface area contributed by atoms with Gasteiger partial charge in [-0.05, 0) is 12.8 Å². The number of nitrogens with one attached hydrogen (secondary N) is 1. The van der Waals surface area contributed by atoms with Crippen molar-refractivity contribution in [1.29, 1.82) is 0 Å². The van der Waals surface area contributed by atoms with Crippen molar-refractivity contribution in [3.8, 4) is 0 Å². The Hall–Kier alpha value is -0.490. The van der Waals surface area contributed by atoms with Crippen LogP contribution in [0.15, 0.2) is 0 Å². The second kappa shape index (κ2) is 7.84. The molecule has 18 heavy (non-hydrogen) atoms. The standard InChI is InChI=1S/C12H19NO3S2/c1-3-8(2)10(14)6-17-7-11(15)13-9-4-5-18-12(9)16/h8-9H,3-7H2,1-2H3,(H,13,15). The van der Waals surface area contributed by atoms with Crippen molar-refractivity contribution in [3.05, 3.63) is 0 Å². The van der Waals surface area contributed by atoms with Crippen LogP contribution in [-0.4, -0.2) is 40.1 Å². The van der Waals surface area contributed by atoms with Gasteiger partial charge in [0, 0.05) is 11.7 Å². The molecular weight excluding hydrogens is 270 g/mol. The molecule has 1 rings (SSSR count). The van der Waals surface area contributed by atoms with Crippen molar-refractivity contribution in [1.82, 2.24) is 5.32 Å². The zero-order chi connectivity index (χ0) is 13.5. The summed E-state index contributed by atoms with van der Waals surface area (Å²) >= 11 is 2.59. The third kappa shape index (κ3) is 5.02. The average Bonchev–Trinajstić information content (AvgIpc) is 2.73. The highest BCUT2D eigenvalue weighted by Crippen LogP contribution is 2.19. The van der Waals surface area contributed by atoms with Crippen molar-refractivity contribution < 1.29 is 14.4 Å². The summed E-state index contributed by atoms with van der Waals surface area (Å²) in [4.78, 5) is 34.4. The maximum atomic E-state index is 11.6. The van der Waals surface area contributed by atoms with Gasteiger partial charge in [-0.15, -0.1) is 11.8 Å². The van der Waals surface area contributed by atoms with E-state index in [1.54, 1.807) is 0 Å². The Kier molecular flexibility index (Phi) is 6.78. The second-order valence-corrected chi connectivity index (χ2v) is 6.43. The van der Waals surface area contributed by atoms with Gasteiger partial charge in [0.2, 0.25) is 11.0 Å². The van der Waals surface area contributed by atoms with E-state index in [2.05, 4.69) is 5.32 Å². The molecule has 0 spiro atoms. The highest BCUT2D eigenvalue weighted by atomic mass is 32.2. The van der Waals surface area contributed by atoms with E-state index in [1.165, 1.54) is 23.5 Å². The fourth-order valence-corrected chi connectivity index (χ4v) is 3.27. The number of hydrogen-bond acceptors (Lipinski definition) is 5. The summed E-state index contributed by atoms with van der Waals surface area (Å²) in [6, 6.07) is -0.326. The molecular formula is C12H19NO3S2. The molecule has 1 aliphatic rings. The molecule has 1 aliphatic heterocycles. The van der Waals surface area contributed by atoms with Crippen molar-refractivity contribution in [2.75, 3.05) is 17.3 Å². The van der Waals surface area contributed by atoms with Gasteiger partial charge in [-0.2, -0.15) is 0 Å². The van der Waals surface area contributed by atoms with Gasteiger partial charge in [-0.3, -0.25) is 14.4 Å². The molecule has 2 unspecified atom stereocenters. The number of rotatable bonds is 7. The van der Waals surface area contributed by atoms with E-state index >= 15 is 0 Å². The number of ketones is 1. The van der Waals surface area contributed by atoms with E-state index in [0.717, 1.165) is 12.2 Å². The van der Waals surface area contributed by atoms with Crippen LogP contribution in [-0.2, 0) is 14.4 Å². The number of Topliss-reactive ketones (excluding diaryl/α,β-unsaturated/α-hetero) is 1. The monoisotopic (exact) mass is 289 g/mol. The van der Waals surface area contributed by atoms with Gasteiger partial charge in [0.1, 0.15) is 5.78 Å². The van der Waals surface area contributed by atoms with E-state index in [1.807, 2.05) is 13.8 Å². The topological polar surface area (TPSA) is 63.2 Å². The summed E-state index contributed by atoms with van der Waals surface area (Å²) in [7, 11) is 0. The predicted octanol–water partition coefficient (Wildman–Crippen LogP) is 1.48. The van der Waals surface area contributed by atoms with Gasteiger partial charge in [0.05, 0.1) is 17.5 Å². The average molecular weight is 289 g/mol. The zero-order valence-corrected chi connectivity index (χ0v) is 12.4. The summed E-state index contributed by atoms with van der Waals surface area (Å²) in [5.74, 6) is 1.49. The van der Waals surface area contributed by atoms with Gasteiger partial charge in [-0.25, -0.2) is 0 Å².